The van der Waals surface area contributed by atoms with Gasteiger partial charge >= 0.3 is 5.97 Å². The van der Waals surface area contributed by atoms with Crippen LogP contribution in [0.1, 0.15) is 48.8 Å². The molecule has 0 aliphatic heterocycles. The van der Waals surface area contributed by atoms with Crippen molar-refractivity contribution in [2.45, 2.75) is 45.1 Å². The number of carboxylic acid groups (broad SMARTS) is 1. The van der Waals surface area contributed by atoms with Crippen LogP contribution in [-0.4, -0.2) is 44.6 Å². The Morgan fingerprint density at radius 2 is 2.00 bits per heavy atom. The molecular formula is C19H24N4O4. The molecule has 1 aliphatic carbocycles. The summed E-state index contributed by atoms with van der Waals surface area (Å²) in [6.07, 6.45) is 2.93. The second-order valence-electron chi connectivity index (χ2n) is 7.14. The molecule has 1 heterocycles. The molecule has 2 atom stereocenters. The van der Waals surface area contributed by atoms with Gasteiger partial charge < -0.3 is 15.2 Å². The third-order valence-corrected chi connectivity index (χ3v) is 5.33. The van der Waals surface area contributed by atoms with E-state index in [-0.39, 0.29) is 5.69 Å². The molecule has 1 amide bonds. The number of methoxy groups -OCH3 is 1. The van der Waals surface area contributed by atoms with Gasteiger partial charge in [-0.3, -0.25) is 9.59 Å². The molecule has 144 valence electrons. The van der Waals surface area contributed by atoms with E-state index in [0.717, 1.165) is 24.3 Å². The number of rotatable bonds is 5. The van der Waals surface area contributed by atoms with Crippen molar-refractivity contribution >= 4 is 11.9 Å². The van der Waals surface area contributed by atoms with Crippen LogP contribution in [0.5, 0.6) is 5.75 Å². The van der Waals surface area contributed by atoms with Crippen molar-refractivity contribution in [3.63, 3.8) is 0 Å². The summed E-state index contributed by atoms with van der Waals surface area (Å²) in [6.45, 7) is 3.56. The molecule has 2 aromatic rings. The van der Waals surface area contributed by atoms with Crippen LogP contribution < -0.4 is 10.1 Å². The number of hydrogen-bond donors (Lipinski definition) is 2. The molecule has 1 fully saturated rings. The fourth-order valence-electron chi connectivity index (χ4n) is 3.71. The maximum absolute atomic E-state index is 12.8. The zero-order valence-electron chi connectivity index (χ0n) is 15.7. The molecule has 1 aromatic heterocycles. The molecule has 0 spiro atoms. The summed E-state index contributed by atoms with van der Waals surface area (Å²) >= 11 is 0. The predicted octanol–water partition coefficient (Wildman–Crippen LogP) is 2.35. The van der Waals surface area contributed by atoms with Crippen molar-refractivity contribution in [3.8, 4) is 11.4 Å². The summed E-state index contributed by atoms with van der Waals surface area (Å²) < 4.78 is 6.72. The molecule has 1 saturated carbocycles. The van der Waals surface area contributed by atoms with Crippen LogP contribution in [0.15, 0.2) is 24.3 Å². The van der Waals surface area contributed by atoms with Crippen molar-refractivity contribution in [1.82, 2.24) is 20.3 Å². The van der Waals surface area contributed by atoms with Gasteiger partial charge in [0.25, 0.3) is 5.91 Å². The molecule has 2 N–H and O–H groups in total. The average Bonchev–Trinajstić information content (AvgIpc) is 3.03. The highest BCUT2D eigenvalue weighted by atomic mass is 16.5. The number of nitrogens with one attached hydrogen (secondary N) is 1. The number of ether oxygens (including phenoxy) is 1. The van der Waals surface area contributed by atoms with Crippen molar-refractivity contribution in [2.75, 3.05) is 7.11 Å². The number of benzene rings is 1. The number of carbonyl (C=O) groups excluding carboxylic acids is 1. The number of aliphatic carboxylic acids is 1. The number of amides is 1. The predicted molar refractivity (Wildman–Crippen MR) is 98.1 cm³/mol. The largest absolute Gasteiger partial charge is 0.497 e. The minimum absolute atomic E-state index is 0.196. The van der Waals surface area contributed by atoms with Crippen molar-refractivity contribution < 1.29 is 19.4 Å². The van der Waals surface area contributed by atoms with Gasteiger partial charge in [-0.1, -0.05) is 18.1 Å². The Bertz CT molecular complexity index is 846. The summed E-state index contributed by atoms with van der Waals surface area (Å²) in [6, 6.07) is 7.25. The van der Waals surface area contributed by atoms with Crippen LogP contribution in [-0.2, 0) is 4.79 Å². The molecule has 1 aliphatic rings. The highest BCUT2D eigenvalue weighted by molar-refractivity contribution is 5.94. The standard InChI is InChI=1S/C19H24N4O4/c1-12-16(21-22-23(12)13-7-9-14(27-3)10-8-13)17(24)20-19(2)11-5-4-6-15(19)18(25)26/h7-10,15H,4-6,11H2,1-3H3,(H,20,24)(H,25,26). The van der Waals surface area contributed by atoms with Gasteiger partial charge in [-0.05, 0) is 51.0 Å². The normalized spacial score (nSPS) is 22.3. The van der Waals surface area contributed by atoms with Gasteiger partial charge in [0.05, 0.1) is 29.9 Å². The lowest BCUT2D eigenvalue weighted by Crippen LogP contribution is -2.55. The van der Waals surface area contributed by atoms with Crippen molar-refractivity contribution in [2.24, 2.45) is 5.92 Å². The van der Waals surface area contributed by atoms with E-state index in [0.29, 0.717) is 18.5 Å². The zero-order chi connectivity index (χ0) is 19.6. The van der Waals surface area contributed by atoms with Crippen molar-refractivity contribution in [3.05, 3.63) is 35.7 Å². The molecule has 1 aromatic carbocycles. The third kappa shape index (κ3) is 3.65. The van der Waals surface area contributed by atoms with Crippen molar-refractivity contribution in [1.29, 1.82) is 0 Å². The van der Waals surface area contributed by atoms with Gasteiger partial charge in [0.1, 0.15) is 5.75 Å². The van der Waals surface area contributed by atoms with Gasteiger partial charge in [-0.15, -0.1) is 5.10 Å². The Labute approximate surface area is 157 Å². The van der Waals surface area contributed by atoms with E-state index in [4.69, 9.17) is 4.74 Å². The first kappa shape index (κ1) is 18.9. The van der Waals surface area contributed by atoms with E-state index in [1.165, 1.54) is 0 Å². The van der Waals surface area contributed by atoms with Crippen LogP contribution >= 0.6 is 0 Å². The Balaban J connectivity index is 1.83. The quantitative estimate of drug-likeness (QED) is 0.834. The number of carbonyl (C=O) groups is 2. The van der Waals surface area contributed by atoms with Gasteiger partial charge in [-0.2, -0.15) is 0 Å². The fraction of sp³-hybridized carbons (Fsp3) is 0.474. The second kappa shape index (κ2) is 7.38. The topological polar surface area (TPSA) is 106 Å². The molecule has 0 radical (unpaired) electrons. The highest BCUT2D eigenvalue weighted by Gasteiger charge is 2.42. The summed E-state index contributed by atoms with van der Waals surface area (Å²) in [7, 11) is 1.59. The first-order valence-electron chi connectivity index (χ1n) is 8.98. The number of nitrogens with zero attached hydrogens (tertiary/aromatic N) is 3. The lowest BCUT2D eigenvalue weighted by atomic mass is 9.74. The molecule has 0 bridgehead atoms. The molecule has 0 saturated heterocycles. The van der Waals surface area contributed by atoms with E-state index in [2.05, 4.69) is 15.6 Å². The number of aromatic nitrogens is 3. The van der Waals surface area contributed by atoms with E-state index >= 15 is 0 Å². The van der Waals surface area contributed by atoms with E-state index < -0.39 is 23.3 Å². The summed E-state index contributed by atoms with van der Waals surface area (Å²) in [4.78, 5) is 24.4. The number of hydrogen-bond acceptors (Lipinski definition) is 5. The van der Waals surface area contributed by atoms with Gasteiger partial charge in [-0.25, -0.2) is 4.68 Å². The van der Waals surface area contributed by atoms with Crippen LogP contribution in [0.3, 0.4) is 0 Å². The minimum atomic E-state index is -0.879. The SMILES string of the molecule is COc1ccc(-n2nnc(C(=O)NC3(C)CCCCC3C(=O)O)c2C)cc1. The van der Waals surface area contributed by atoms with Gasteiger partial charge in [0, 0.05) is 0 Å². The van der Waals surface area contributed by atoms with Gasteiger partial charge in [0.2, 0.25) is 0 Å². The molecule has 2 unspecified atom stereocenters. The van der Waals surface area contributed by atoms with E-state index in [1.54, 1.807) is 37.8 Å². The molecule has 27 heavy (non-hydrogen) atoms. The maximum Gasteiger partial charge on any atom is 0.308 e. The lowest BCUT2D eigenvalue weighted by molar-refractivity contribution is -0.145. The van der Waals surface area contributed by atoms with Crippen LogP contribution in [0.4, 0.5) is 0 Å². The highest BCUT2D eigenvalue weighted by Crippen LogP contribution is 2.34. The molecule has 8 nitrogen and oxygen atoms in total. The Hall–Kier alpha value is -2.90. The first-order valence-corrected chi connectivity index (χ1v) is 8.98. The van der Waals surface area contributed by atoms with Crippen LogP contribution in [0, 0.1) is 12.8 Å². The monoisotopic (exact) mass is 372 g/mol. The lowest BCUT2D eigenvalue weighted by Gasteiger charge is -2.39. The second-order valence-corrected chi connectivity index (χ2v) is 7.14. The summed E-state index contributed by atoms with van der Waals surface area (Å²) in [5.74, 6) is -1.16. The average molecular weight is 372 g/mol. The molecular weight excluding hydrogens is 348 g/mol. The Kier molecular flexibility index (Phi) is 5.16. The minimum Gasteiger partial charge on any atom is -0.497 e. The van der Waals surface area contributed by atoms with E-state index in [9.17, 15) is 14.7 Å². The van der Waals surface area contributed by atoms with E-state index in [1.807, 2.05) is 12.1 Å². The molecule has 8 heteroatoms. The zero-order valence-corrected chi connectivity index (χ0v) is 15.7. The van der Waals surface area contributed by atoms with Gasteiger partial charge in [0.15, 0.2) is 5.69 Å². The third-order valence-electron chi connectivity index (χ3n) is 5.33. The Morgan fingerprint density at radius 1 is 1.30 bits per heavy atom. The summed E-state index contributed by atoms with van der Waals surface area (Å²) in [5, 5.41) is 20.5. The van der Waals surface area contributed by atoms with Crippen LogP contribution in [0.25, 0.3) is 5.69 Å². The smallest absolute Gasteiger partial charge is 0.308 e. The molecule has 3 rings (SSSR count). The summed E-state index contributed by atoms with van der Waals surface area (Å²) in [5.41, 5.74) is 0.746. The fourth-order valence-corrected chi connectivity index (χ4v) is 3.71. The maximum atomic E-state index is 12.8. The van der Waals surface area contributed by atoms with Crippen LogP contribution in [0.2, 0.25) is 0 Å². The first-order chi connectivity index (χ1) is 12.9. The number of carboxylic acids is 1. The Morgan fingerprint density at radius 3 is 2.63 bits per heavy atom.